The maximum atomic E-state index is 13.1. The predicted molar refractivity (Wildman–Crippen MR) is 140 cm³/mol. The zero-order valence-electron chi connectivity index (χ0n) is 21.2. The second kappa shape index (κ2) is 12.1. The molecule has 1 fully saturated rings. The molecule has 2 N–H and O–H groups in total. The Balaban J connectivity index is 1.45. The SMILES string of the molecule is COc1ccc(C(=O)N/C(=C\c2ccco2)C(=O)Nc2ccc(OC3CCN(C)CC3)cc2)cc1OC. The van der Waals surface area contributed by atoms with Gasteiger partial charge in [0.15, 0.2) is 11.5 Å². The molecule has 0 atom stereocenters. The summed E-state index contributed by atoms with van der Waals surface area (Å²) in [4.78, 5) is 28.4. The van der Waals surface area contributed by atoms with Crippen LogP contribution in [-0.2, 0) is 4.79 Å². The fourth-order valence-electron chi connectivity index (χ4n) is 3.96. The first-order valence-corrected chi connectivity index (χ1v) is 12.0. The largest absolute Gasteiger partial charge is 0.493 e. The molecule has 0 bridgehead atoms. The number of anilines is 1. The van der Waals surface area contributed by atoms with E-state index in [9.17, 15) is 9.59 Å². The van der Waals surface area contributed by atoms with Gasteiger partial charge in [0.05, 0.1) is 20.5 Å². The predicted octanol–water partition coefficient (Wildman–Crippen LogP) is 4.18. The van der Waals surface area contributed by atoms with E-state index in [4.69, 9.17) is 18.6 Å². The van der Waals surface area contributed by atoms with Gasteiger partial charge >= 0.3 is 0 Å². The van der Waals surface area contributed by atoms with Crippen molar-refractivity contribution in [1.29, 1.82) is 0 Å². The zero-order valence-corrected chi connectivity index (χ0v) is 21.2. The van der Waals surface area contributed by atoms with Crippen molar-refractivity contribution < 1.29 is 28.2 Å². The van der Waals surface area contributed by atoms with E-state index in [1.807, 2.05) is 12.1 Å². The average molecular weight is 506 g/mol. The number of piperidine rings is 1. The Bertz CT molecular complexity index is 1230. The van der Waals surface area contributed by atoms with E-state index >= 15 is 0 Å². The number of nitrogens with zero attached hydrogens (tertiary/aromatic N) is 1. The summed E-state index contributed by atoms with van der Waals surface area (Å²) >= 11 is 0. The van der Waals surface area contributed by atoms with E-state index in [-0.39, 0.29) is 11.8 Å². The minimum absolute atomic E-state index is 0.0152. The molecule has 2 amide bonds. The lowest BCUT2D eigenvalue weighted by Crippen LogP contribution is -2.35. The standard InChI is InChI=1S/C28H31N3O6/c1-31-14-12-22(13-15-31)37-21-9-7-20(8-10-21)29-28(33)24(18-23-5-4-16-36-23)30-27(32)19-6-11-25(34-2)26(17-19)35-3/h4-11,16-18,22H,12-15H2,1-3H3,(H,29,33)(H,30,32)/b24-18-. The molecule has 0 aliphatic carbocycles. The lowest BCUT2D eigenvalue weighted by atomic mass is 10.1. The molecule has 1 saturated heterocycles. The Morgan fingerprint density at radius 1 is 1.00 bits per heavy atom. The van der Waals surface area contributed by atoms with Gasteiger partial charge in [-0.1, -0.05) is 0 Å². The third-order valence-electron chi connectivity index (χ3n) is 6.05. The molecular formula is C28H31N3O6. The molecule has 1 aliphatic heterocycles. The molecule has 4 rings (SSSR count). The lowest BCUT2D eigenvalue weighted by Gasteiger charge is -2.29. The molecule has 2 aromatic carbocycles. The second-order valence-electron chi connectivity index (χ2n) is 8.70. The van der Waals surface area contributed by atoms with Crippen LogP contribution < -0.4 is 24.8 Å². The van der Waals surface area contributed by atoms with Gasteiger partial charge in [0.1, 0.15) is 23.3 Å². The molecule has 2 heterocycles. The van der Waals surface area contributed by atoms with Crippen molar-refractivity contribution in [3.05, 3.63) is 77.9 Å². The summed E-state index contributed by atoms with van der Waals surface area (Å²) in [6.07, 6.45) is 5.10. The third-order valence-corrected chi connectivity index (χ3v) is 6.05. The minimum atomic E-state index is -0.505. The number of benzene rings is 2. The van der Waals surface area contributed by atoms with Crippen molar-refractivity contribution in [1.82, 2.24) is 10.2 Å². The summed E-state index contributed by atoms with van der Waals surface area (Å²) in [6.45, 7) is 2.03. The van der Waals surface area contributed by atoms with E-state index in [1.165, 1.54) is 26.6 Å². The van der Waals surface area contributed by atoms with Crippen molar-refractivity contribution in [2.75, 3.05) is 39.7 Å². The van der Waals surface area contributed by atoms with Crippen LogP contribution >= 0.6 is 0 Å². The Labute approximate surface area is 216 Å². The van der Waals surface area contributed by atoms with Gasteiger partial charge < -0.3 is 34.2 Å². The van der Waals surface area contributed by atoms with Crippen LogP contribution in [0.25, 0.3) is 6.08 Å². The van der Waals surface area contributed by atoms with Gasteiger partial charge in [-0.05, 0) is 74.5 Å². The molecule has 37 heavy (non-hydrogen) atoms. The van der Waals surface area contributed by atoms with Crippen LogP contribution in [0.4, 0.5) is 5.69 Å². The van der Waals surface area contributed by atoms with E-state index in [0.29, 0.717) is 28.5 Å². The molecule has 0 radical (unpaired) electrons. The first kappa shape index (κ1) is 25.8. The number of rotatable bonds is 9. The summed E-state index contributed by atoms with van der Waals surface area (Å²) in [5, 5.41) is 5.49. The second-order valence-corrected chi connectivity index (χ2v) is 8.70. The van der Waals surface area contributed by atoms with Crippen LogP contribution in [-0.4, -0.2) is 57.2 Å². The van der Waals surface area contributed by atoms with Gasteiger partial charge in [-0.25, -0.2) is 0 Å². The third kappa shape index (κ3) is 6.92. The van der Waals surface area contributed by atoms with E-state index in [1.54, 1.807) is 42.5 Å². The van der Waals surface area contributed by atoms with Crippen LogP contribution in [0.3, 0.4) is 0 Å². The van der Waals surface area contributed by atoms with Gasteiger partial charge in [-0.2, -0.15) is 0 Å². The number of hydrogen-bond acceptors (Lipinski definition) is 7. The van der Waals surface area contributed by atoms with Crippen LogP contribution in [0.15, 0.2) is 71.0 Å². The number of carbonyl (C=O) groups excluding carboxylic acids is 2. The van der Waals surface area contributed by atoms with Gasteiger partial charge in [0, 0.05) is 30.4 Å². The normalized spacial score (nSPS) is 14.6. The van der Waals surface area contributed by atoms with Crippen molar-refractivity contribution in [3.63, 3.8) is 0 Å². The van der Waals surface area contributed by atoms with Crippen LogP contribution in [0.1, 0.15) is 29.0 Å². The molecule has 9 nitrogen and oxygen atoms in total. The number of carbonyl (C=O) groups is 2. The van der Waals surface area contributed by atoms with Gasteiger partial charge in [0.2, 0.25) is 0 Å². The highest BCUT2D eigenvalue weighted by atomic mass is 16.5. The Morgan fingerprint density at radius 2 is 1.73 bits per heavy atom. The highest BCUT2D eigenvalue weighted by Gasteiger charge is 2.19. The highest BCUT2D eigenvalue weighted by molar-refractivity contribution is 6.10. The molecule has 194 valence electrons. The molecular weight excluding hydrogens is 474 g/mol. The fourth-order valence-corrected chi connectivity index (χ4v) is 3.96. The summed E-state index contributed by atoms with van der Waals surface area (Å²) < 4.78 is 21.9. The van der Waals surface area contributed by atoms with E-state index in [2.05, 4.69) is 22.6 Å². The maximum absolute atomic E-state index is 13.1. The molecule has 0 saturated carbocycles. The lowest BCUT2D eigenvalue weighted by molar-refractivity contribution is -0.113. The number of methoxy groups -OCH3 is 2. The monoisotopic (exact) mass is 505 g/mol. The summed E-state index contributed by atoms with van der Waals surface area (Å²) in [5.74, 6) is 1.07. The number of nitrogens with one attached hydrogen (secondary N) is 2. The molecule has 9 heteroatoms. The van der Waals surface area contributed by atoms with E-state index in [0.717, 1.165) is 31.7 Å². The van der Waals surface area contributed by atoms with Gasteiger partial charge in [-0.15, -0.1) is 0 Å². The van der Waals surface area contributed by atoms with E-state index < -0.39 is 11.8 Å². The molecule has 1 aliphatic rings. The van der Waals surface area contributed by atoms with Gasteiger partial charge in [0.25, 0.3) is 11.8 Å². The number of ether oxygens (including phenoxy) is 3. The Morgan fingerprint density at radius 3 is 2.38 bits per heavy atom. The summed E-state index contributed by atoms with van der Waals surface area (Å²) in [7, 11) is 5.11. The quantitative estimate of drug-likeness (QED) is 0.421. The number of hydrogen-bond donors (Lipinski definition) is 2. The minimum Gasteiger partial charge on any atom is -0.493 e. The van der Waals surface area contributed by atoms with Crippen LogP contribution in [0.5, 0.6) is 17.2 Å². The molecule has 0 unspecified atom stereocenters. The maximum Gasteiger partial charge on any atom is 0.272 e. The Kier molecular flexibility index (Phi) is 8.48. The van der Waals surface area contributed by atoms with Crippen LogP contribution in [0, 0.1) is 0 Å². The van der Waals surface area contributed by atoms with Crippen molar-refractivity contribution in [2.45, 2.75) is 18.9 Å². The van der Waals surface area contributed by atoms with Crippen molar-refractivity contribution in [2.24, 2.45) is 0 Å². The van der Waals surface area contributed by atoms with Crippen LogP contribution in [0.2, 0.25) is 0 Å². The molecule has 1 aromatic heterocycles. The van der Waals surface area contributed by atoms with Crippen molar-refractivity contribution >= 4 is 23.6 Å². The van der Waals surface area contributed by atoms with Crippen molar-refractivity contribution in [3.8, 4) is 17.2 Å². The summed E-state index contributed by atoms with van der Waals surface area (Å²) in [5.41, 5.74) is 0.874. The Hall–Kier alpha value is -4.24. The topological polar surface area (TPSA) is 102 Å². The first-order valence-electron chi connectivity index (χ1n) is 12.0. The van der Waals surface area contributed by atoms with Gasteiger partial charge in [-0.3, -0.25) is 9.59 Å². The molecule has 0 spiro atoms. The highest BCUT2D eigenvalue weighted by Crippen LogP contribution is 2.27. The first-order chi connectivity index (χ1) is 17.9. The number of likely N-dealkylation sites (tertiary alicyclic amines) is 1. The fraction of sp³-hybridized carbons (Fsp3) is 0.286. The molecule has 3 aromatic rings. The summed E-state index contributed by atoms with van der Waals surface area (Å²) in [6, 6.07) is 15.3. The smallest absolute Gasteiger partial charge is 0.272 e. The number of furan rings is 1. The average Bonchev–Trinajstić information content (AvgIpc) is 3.43. The zero-order chi connectivity index (χ0) is 26.2. The number of amides is 2.